The monoisotopic (exact) mass is 425 g/mol. The summed E-state index contributed by atoms with van der Waals surface area (Å²) in [5.74, 6) is 1.43. The van der Waals surface area contributed by atoms with Gasteiger partial charge in [-0.05, 0) is 61.2 Å². The van der Waals surface area contributed by atoms with E-state index in [1.54, 1.807) is 12.1 Å². The number of aromatic nitrogens is 2. The van der Waals surface area contributed by atoms with E-state index in [0.29, 0.717) is 11.7 Å². The van der Waals surface area contributed by atoms with Crippen molar-refractivity contribution in [3.05, 3.63) is 71.3 Å². The highest BCUT2D eigenvalue weighted by Crippen LogP contribution is 2.37. The lowest BCUT2D eigenvalue weighted by atomic mass is 9.85. The van der Waals surface area contributed by atoms with E-state index in [4.69, 9.17) is 17.3 Å². The van der Waals surface area contributed by atoms with Gasteiger partial charge in [-0.2, -0.15) is 0 Å². The van der Waals surface area contributed by atoms with Gasteiger partial charge in [0, 0.05) is 24.2 Å². The van der Waals surface area contributed by atoms with Gasteiger partial charge in [0.2, 0.25) is 0 Å². The number of nitrogen functional groups attached to an aromatic ring is 1. The SMILES string of the molecule is CNC(c1ccc(Cl)cc1)C1CCN(c2ncnc(N)c2-c2ccc(F)cc2)CC1. The molecule has 7 heteroatoms. The number of piperidine rings is 1. The minimum atomic E-state index is -0.281. The average Bonchev–Trinajstić information content (AvgIpc) is 2.77. The van der Waals surface area contributed by atoms with Gasteiger partial charge in [-0.1, -0.05) is 35.9 Å². The molecule has 0 spiro atoms. The predicted molar refractivity (Wildman–Crippen MR) is 120 cm³/mol. The van der Waals surface area contributed by atoms with E-state index in [1.165, 1.54) is 24.0 Å². The molecule has 2 aromatic carbocycles. The maximum Gasteiger partial charge on any atom is 0.142 e. The lowest BCUT2D eigenvalue weighted by Gasteiger charge is -2.37. The molecule has 1 aliphatic heterocycles. The van der Waals surface area contributed by atoms with Gasteiger partial charge in [0.1, 0.15) is 23.8 Å². The number of anilines is 2. The van der Waals surface area contributed by atoms with Crippen LogP contribution >= 0.6 is 11.6 Å². The van der Waals surface area contributed by atoms with Gasteiger partial charge in [-0.15, -0.1) is 0 Å². The molecule has 0 amide bonds. The molecule has 0 aliphatic carbocycles. The fraction of sp³-hybridized carbons (Fsp3) is 0.304. The predicted octanol–water partition coefficient (Wildman–Crippen LogP) is 4.70. The third-order valence-electron chi connectivity index (χ3n) is 5.84. The van der Waals surface area contributed by atoms with E-state index in [-0.39, 0.29) is 11.9 Å². The van der Waals surface area contributed by atoms with Gasteiger partial charge in [-0.3, -0.25) is 0 Å². The molecule has 0 saturated carbocycles. The zero-order valence-electron chi connectivity index (χ0n) is 16.9. The third-order valence-corrected chi connectivity index (χ3v) is 6.09. The Morgan fingerprint density at radius 3 is 2.37 bits per heavy atom. The van der Waals surface area contributed by atoms with E-state index in [1.807, 2.05) is 19.2 Å². The summed E-state index contributed by atoms with van der Waals surface area (Å²) in [4.78, 5) is 10.9. The second kappa shape index (κ2) is 8.98. The molecule has 4 rings (SSSR count). The first-order chi connectivity index (χ1) is 14.6. The first-order valence-electron chi connectivity index (χ1n) is 10.1. The Hall–Kier alpha value is -2.70. The van der Waals surface area contributed by atoms with E-state index >= 15 is 0 Å². The van der Waals surface area contributed by atoms with Gasteiger partial charge >= 0.3 is 0 Å². The summed E-state index contributed by atoms with van der Waals surface area (Å²) in [7, 11) is 2.00. The number of benzene rings is 2. The van der Waals surface area contributed by atoms with Crippen molar-refractivity contribution in [1.82, 2.24) is 15.3 Å². The van der Waals surface area contributed by atoms with Gasteiger partial charge in [-0.25, -0.2) is 14.4 Å². The van der Waals surface area contributed by atoms with Gasteiger partial charge in [0.15, 0.2) is 0 Å². The smallest absolute Gasteiger partial charge is 0.142 e. The molecule has 5 nitrogen and oxygen atoms in total. The van der Waals surface area contributed by atoms with Crippen LogP contribution in [0.3, 0.4) is 0 Å². The molecule has 0 radical (unpaired) electrons. The summed E-state index contributed by atoms with van der Waals surface area (Å²) in [5, 5.41) is 4.22. The van der Waals surface area contributed by atoms with Crippen LogP contribution in [0, 0.1) is 11.7 Å². The minimum Gasteiger partial charge on any atom is -0.383 e. The van der Waals surface area contributed by atoms with Crippen molar-refractivity contribution in [2.24, 2.45) is 5.92 Å². The Bertz CT molecular complexity index is 985. The Labute approximate surface area is 181 Å². The number of nitrogens with zero attached hydrogens (tertiary/aromatic N) is 3. The van der Waals surface area contributed by atoms with Crippen LogP contribution in [-0.4, -0.2) is 30.1 Å². The molecule has 1 aliphatic rings. The maximum atomic E-state index is 13.4. The van der Waals surface area contributed by atoms with Crippen LogP contribution in [0.15, 0.2) is 54.9 Å². The first-order valence-corrected chi connectivity index (χ1v) is 10.5. The highest BCUT2D eigenvalue weighted by Gasteiger charge is 2.29. The summed E-state index contributed by atoms with van der Waals surface area (Å²) in [6.45, 7) is 1.72. The van der Waals surface area contributed by atoms with Crippen molar-refractivity contribution in [3.8, 4) is 11.1 Å². The summed E-state index contributed by atoms with van der Waals surface area (Å²) < 4.78 is 13.4. The quantitative estimate of drug-likeness (QED) is 0.620. The van der Waals surface area contributed by atoms with Crippen molar-refractivity contribution in [3.63, 3.8) is 0 Å². The number of rotatable bonds is 5. The Balaban J connectivity index is 1.54. The normalized spacial score (nSPS) is 15.9. The van der Waals surface area contributed by atoms with Crippen molar-refractivity contribution >= 4 is 23.2 Å². The van der Waals surface area contributed by atoms with Crippen LogP contribution in [0.25, 0.3) is 11.1 Å². The summed E-state index contributed by atoms with van der Waals surface area (Å²) in [5.41, 5.74) is 9.02. The Kier molecular flexibility index (Phi) is 6.16. The van der Waals surface area contributed by atoms with Crippen LogP contribution in [0.2, 0.25) is 5.02 Å². The summed E-state index contributed by atoms with van der Waals surface area (Å²) >= 11 is 6.05. The van der Waals surface area contributed by atoms with Gasteiger partial charge < -0.3 is 16.0 Å². The van der Waals surface area contributed by atoms with Gasteiger partial charge in [0.25, 0.3) is 0 Å². The Morgan fingerprint density at radius 2 is 1.73 bits per heavy atom. The number of nitrogens with one attached hydrogen (secondary N) is 1. The molecule has 156 valence electrons. The van der Waals surface area contributed by atoms with Crippen molar-refractivity contribution in [2.75, 3.05) is 30.8 Å². The van der Waals surface area contributed by atoms with Crippen molar-refractivity contribution in [1.29, 1.82) is 0 Å². The van der Waals surface area contributed by atoms with E-state index in [9.17, 15) is 4.39 Å². The topological polar surface area (TPSA) is 67.1 Å². The highest BCUT2D eigenvalue weighted by atomic mass is 35.5. The van der Waals surface area contributed by atoms with E-state index < -0.39 is 0 Å². The lowest BCUT2D eigenvalue weighted by molar-refractivity contribution is 0.312. The molecule has 1 atom stereocenters. The molecule has 0 bridgehead atoms. The molecule has 2 heterocycles. The third kappa shape index (κ3) is 4.25. The molecule has 1 saturated heterocycles. The number of hydrogen-bond donors (Lipinski definition) is 2. The standard InChI is InChI=1S/C23H25ClFN5/c1-27-21(16-2-6-18(24)7-3-16)17-10-12-30(13-11-17)23-20(22(26)28-14-29-23)15-4-8-19(25)9-5-15/h2-9,14,17,21,27H,10-13H2,1H3,(H2,26,28,29). The maximum absolute atomic E-state index is 13.4. The molecule has 1 unspecified atom stereocenters. The van der Waals surface area contributed by atoms with Crippen molar-refractivity contribution < 1.29 is 4.39 Å². The second-order valence-corrected chi connectivity index (χ2v) is 8.04. The molecular weight excluding hydrogens is 401 g/mol. The van der Waals surface area contributed by atoms with Crippen LogP contribution in [0.4, 0.5) is 16.0 Å². The zero-order chi connectivity index (χ0) is 21.1. The second-order valence-electron chi connectivity index (χ2n) is 7.61. The molecular formula is C23H25ClFN5. The molecule has 3 N–H and O–H groups in total. The van der Waals surface area contributed by atoms with Crippen molar-refractivity contribution in [2.45, 2.75) is 18.9 Å². The number of halogens is 2. The fourth-order valence-corrected chi connectivity index (χ4v) is 4.44. The number of nitrogens with two attached hydrogens (primary N) is 1. The zero-order valence-corrected chi connectivity index (χ0v) is 17.6. The van der Waals surface area contributed by atoms with Crippen LogP contribution in [-0.2, 0) is 0 Å². The largest absolute Gasteiger partial charge is 0.383 e. The molecule has 1 aromatic heterocycles. The van der Waals surface area contributed by atoms with E-state index in [2.05, 4.69) is 32.3 Å². The minimum absolute atomic E-state index is 0.274. The van der Waals surface area contributed by atoms with E-state index in [0.717, 1.165) is 47.9 Å². The average molecular weight is 426 g/mol. The number of hydrogen-bond acceptors (Lipinski definition) is 5. The lowest BCUT2D eigenvalue weighted by Crippen LogP contribution is -2.39. The van der Waals surface area contributed by atoms with Crippen LogP contribution < -0.4 is 16.0 Å². The molecule has 3 aromatic rings. The first kappa shape index (κ1) is 20.6. The Morgan fingerprint density at radius 1 is 1.07 bits per heavy atom. The summed E-state index contributed by atoms with van der Waals surface area (Å²) in [6.07, 6.45) is 3.52. The highest BCUT2D eigenvalue weighted by molar-refractivity contribution is 6.30. The fourth-order valence-electron chi connectivity index (χ4n) is 4.31. The molecule has 30 heavy (non-hydrogen) atoms. The van der Waals surface area contributed by atoms with Gasteiger partial charge in [0.05, 0.1) is 5.56 Å². The van der Waals surface area contributed by atoms with Crippen LogP contribution in [0.1, 0.15) is 24.4 Å². The molecule has 1 fully saturated rings. The summed E-state index contributed by atoms with van der Waals surface area (Å²) in [6, 6.07) is 14.6. The van der Waals surface area contributed by atoms with Crippen LogP contribution in [0.5, 0.6) is 0 Å².